The molecule has 0 saturated carbocycles. The average Bonchev–Trinajstić information content (AvgIpc) is 2.82. The zero-order chi connectivity index (χ0) is 13.9. The second-order valence-corrected chi connectivity index (χ2v) is 5.18. The Labute approximate surface area is 117 Å². The lowest BCUT2D eigenvalue weighted by molar-refractivity contribution is 0.116. The van der Waals surface area contributed by atoms with Crippen LogP contribution in [0.4, 0.5) is 0 Å². The zero-order valence-electron chi connectivity index (χ0n) is 10.8. The molecule has 0 saturated heterocycles. The van der Waals surface area contributed by atoms with Crippen molar-refractivity contribution in [1.29, 1.82) is 0 Å². The number of aliphatic hydroxyl groups excluding tert-OH is 2. The number of halogens is 1. The predicted octanol–water partition coefficient (Wildman–Crippen LogP) is 1.54. The fraction of sp³-hybridized carbons (Fsp3) is 0.357. The largest absolute Gasteiger partial charge is 0.395 e. The highest BCUT2D eigenvalue weighted by Crippen LogP contribution is 2.32. The third-order valence-corrected chi connectivity index (χ3v) is 3.68. The summed E-state index contributed by atoms with van der Waals surface area (Å²) in [6.45, 7) is -0.357. The van der Waals surface area contributed by atoms with Crippen molar-refractivity contribution >= 4 is 11.6 Å². The molecular weight excluding hydrogens is 264 g/mol. The summed E-state index contributed by atoms with van der Waals surface area (Å²) in [5.41, 5.74) is 0.914. The summed E-state index contributed by atoms with van der Waals surface area (Å²) in [4.78, 5) is 0. The molecule has 0 fully saturated rings. The van der Waals surface area contributed by atoms with Crippen LogP contribution in [0.3, 0.4) is 0 Å². The van der Waals surface area contributed by atoms with Crippen molar-refractivity contribution < 1.29 is 10.2 Å². The second kappa shape index (κ2) is 5.74. The molecule has 0 radical (unpaired) electrons. The monoisotopic (exact) mass is 280 g/mol. The summed E-state index contributed by atoms with van der Waals surface area (Å²) in [6.07, 6.45) is 4.09. The highest BCUT2D eigenvalue weighted by molar-refractivity contribution is 6.31. The molecule has 0 atom stereocenters. The summed E-state index contributed by atoms with van der Waals surface area (Å²) < 4.78 is 1.70. The van der Waals surface area contributed by atoms with Crippen LogP contribution in [0.1, 0.15) is 11.1 Å². The van der Waals surface area contributed by atoms with Crippen LogP contribution in [0, 0.1) is 0 Å². The zero-order valence-corrected chi connectivity index (χ0v) is 11.5. The molecule has 2 aromatic rings. The van der Waals surface area contributed by atoms with Crippen LogP contribution in [-0.2, 0) is 18.9 Å². The lowest BCUT2D eigenvalue weighted by atomic mass is 9.77. The van der Waals surface area contributed by atoms with Crippen LogP contribution in [0.2, 0.25) is 5.02 Å². The smallest absolute Gasteiger partial charge is 0.0553 e. The molecule has 1 aromatic heterocycles. The third-order valence-electron chi connectivity index (χ3n) is 3.35. The Balaban J connectivity index is 2.40. The number of hydrogen-bond donors (Lipinski definition) is 2. The number of aryl methyl sites for hydroxylation is 1. The number of aliphatic hydroxyl groups is 2. The van der Waals surface area contributed by atoms with E-state index in [1.54, 1.807) is 16.9 Å². The van der Waals surface area contributed by atoms with Gasteiger partial charge in [0, 0.05) is 23.7 Å². The molecule has 0 amide bonds. The maximum atomic E-state index is 9.78. The molecular formula is C14H17ClN2O2. The van der Waals surface area contributed by atoms with Gasteiger partial charge < -0.3 is 10.2 Å². The van der Waals surface area contributed by atoms with Gasteiger partial charge in [0.15, 0.2) is 0 Å². The molecule has 0 aliphatic heterocycles. The Morgan fingerprint density at radius 1 is 1.26 bits per heavy atom. The van der Waals surface area contributed by atoms with E-state index in [1.807, 2.05) is 31.4 Å². The topological polar surface area (TPSA) is 58.3 Å². The van der Waals surface area contributed by atoms with E-state index in [0.29, 0.717) is 11.4 Å². The van der Waals surface area contributed by atoms with Crippen molar-refractivity contribution in [3.05, 3.63) is 52.8 Å². The van der Waals surface area contributed by atoms with E-state index in [1.165, 1.54) is 0 Å². The van der Waals surface area contributed by atoms with Crippen molar-refractivity contribution in [3.63, 3.8) is 0 Å². The first-order valence-electron chi connectivity index (χ1n) is 6.05. The van der Waals surface area contributed by atoms with E-state index in [0.717, 1.165) is 11.1 Å². The first-order valence-corrected chi connectivity index (χ1v) is 6.43. The molecule has 2 N–H and O–H groups in total. The molecule has 19 heavy (non-hydrogen) atoms. The van der Waals surface area contributed by atoms with E-state index >= 15 is 0 Å². The van der Waals surface area contributed by atoms with E-state index < -0.39 is 5.41 Å². The standard InChI is InChI=1S/C14H17ClN2O2/c1-17-8-11(7-16-17)6-14(9-18,10-19)12-4-2-3-5-13(12)15/h2-5,7-8,18-19H,6,9-10H2,1H3. The van der Waals surface area contributed by atoms with E-state index in [2.05, 4.69) is 5.10 Å². The summed E-state index contributed by atoms with van der Waals surface area (Å²) in [7, 11) is 1.83. The molecule has 0 aliphatic rings. The fourth-order valence-electron chi connectivity index (χ4n) is 2.27. The van der Waals surface area contributed by atoms with Crippen molar-refractivity contribution in [1.82, 2.24) is 9.78 Å². The average molecular weight is 281 g/mol. The van der Waals surface area contributed by atoms with Gasteiger partial charge in [0.2, 0.25) is 0 Å². The molecule has 102 valence electrons. The maximum absolute atomic E-state index is 9.78. The first kappa shape index (κ1) is 14.1. The van der Waals surface area contributed by atoms with Gasteiger partial charge in [-0.2, -0.15) is 5.10 Å². The number of aromatic nitrogens is 2. The highest BCUT2D eigenvalue weighted by Gasteiger charge is 2.33. The van der Waals surface area contributed by atoms with Gasteiger partial charge in [-0.05, 0) is 23.6 Å². The summed E-state index contributed by atoms with van der Waals surface area (Å²) in [6, 6.07) is 7.28. The highest BCUT2D eigenvalue weighted by atomic mass is 35.5. The van der Waals surface area contributed by atoms with Crippen molar-refractivity contribution in [3.8, 4) is 0 Å². The molecule has 4 nitrogen and oxygen atoms in total. The Morgan fingerprint density at radius 2 is 1.95 bits per heavy atom. The molecule has 0 unspecified atom stereocenters. The molecule has 0 spiro atoms. The van der Waals surface area contributed by atoms with Gasteiger partial charge in [-0.25, -0.2) is 0 Å². The molecule has 1 aromatic carbocycles. The van der Waals surface area contributed by atoms with Crippen molar-refractivity contribution in [2.75, 3.05) is 13.2 Å². The molecule has 0 bridgehead atoms. The Hall–Kier alpha value is -1.36. The number of rotatable bonds is 5. The minimum absolute atomic E-state index is 0.178. The second-order valence-electron chi connectivity index (χ2n) is 4.78. The normalized spacial score (nSPS) is 11.8. The minimum atomic E-state index is -0.790. The van der Waals surface area contributed by atoms with Gasteiger partial charge in [-0.15, -0.1) is 0 Å². The van der Waals surface area contributed by atoms with Gasteiger partial charge in [0.05, 0.1) is 19.4 Å². The molecule has 1 heterocycles. The molecule has 0 aliphatic carbocycles. The van der Waals surface area contributed by atoms with Gasteiger partial charge in [0.25, 0.3) is 0 Å². The third kappa shape index (κ3) is 2.81. The van der Waals surface area contributed by atoms with E-state index in [4.69, 9.17) is 11.6 Å². The molecule has 5 heteroatoms. The summed E-state index contributed by atoms with van der Waals surface area (Å²) in [5, 5.41) is 24.2. The van der Waals surface area contributed by atoms with E-state index in [-0.39, 0.29) is 13.2 Å². The quantitative estimate of drug-likeness (QED) is 0.873. The first-order chi connectivity index (χ1) is 9.11. The summed E-state index contributed by atoms with van der Waals surface area (Å²) in [5.74, 6) is 0. The number of nitrogens with zero attached hydrogens (tertiary/aromatic N) is 2. The van der Waals surface area contributed by atoms with Crippen molar-refractivity contribution in [2.24, 2.45) is 7.05 Å². The number of benzene rings is 1. The number of hydrogen-bond acceptors (Lipinski definition) is 3. The Morgan fingerprint density at radius 3 is 2.47 bits per heavy atom. The van der Waals surface area contributed by atoms with E-state index in [9.17, 15) is 10.2 Å². The SMILES string of the molecule is Cn1cc(CC(CO)(CO)c2ccccc2Cl)cn1. The van der Waals surface area contributed by atoms with Crippen molar-refractivity contribution in [2.45, 2.75) is 11.8 Å². The van der Waals surface area contributed by atoms with Crippen LogP contribution < -0.4 is 0 Å². The lowest BCUT2D eigenvalue weighted by Crippen LogP contribution is -2.37. The van der Waals surface area contributed by atoms with Crippen LogP contribution in [0.25, 0.3) is 0 Å². The lowest BCUT2D eigenvalue weighted by Gasteiger charge is -2.30. The summed E-state index contributed by atoms with van der Waals surface area (Å²) >= 11 is 6.19. The van der Waals surface area contributed by atoms with Crippen LogP contribution in [-0.4, -0.2) is 33.2 Å². The Kier molecular flexibility index (Phi) is 4.24. The molecule has 2 rings (SSSR count). The maximum Gasteiger partial charge on any atom is 0.0553 e. The van der Waals surface area contributed by atoms with Gasteiger partial charge >= 0.3 is 0 Å². The van der Waals surface area contributed by atoms with Crippen LogP contribution >= 0.6 is 11.6 Å². The predicted molar refractivity (Wildman–Crippen MR) is 74.2 cm³/mol. The van der Waals surface area contributed by atoms with Crippen LogP contribution in [0.5, 0.6) is 0 Å². The van der Waals surface area contributed by atoms with Gasteiger partial charge in [-0.1, -0.05) is 29.8 Å². The Bertz CT molecular complexity index is 550. The van der Waals surface area contributed by atoms with Gasteiger partial charge in [0.1, 0.15) is 0 Å². The van der Waals surface area contributed by atoms with Crippen LogP contribution in [0.15, 0.2) is 36.7 Å². The fourth-order valence-corrected chi connectivity index (χ4v) is 2.61. The van der Waals surface area contributed by atoms with Gasteiger partial charge in [-0.3, -0.25) is 4.68 Å². The minimum Gasteiger partial charge on any atom is -0.395 e.